The van der Waals surface area contributed by atoms with Crippen molar-refractivity contribution in [3.8, 4) is 17.2 Å². The molecule has 2 aromatic rings. The summed E-state index contributed by atoms with van der Waals surface area (Å²) in [7, 11) is 2.68. The topological polar surface area (TPSA) is 71.1 Å². The molecule has 0 unspecified atom stereocenters. The Hall–Kier alpha value is -2.73. The van der Waals surface area contributed by atoms with Crippen molar-refractivity contribution in [1.82, 2.24) is 0 Å². The lowest BCUT2D eigenvalue weighted by Gasteiger charge is -2.11. The first-order valence-corrected chi connectivity index (χ1v) is 7.26. The van der Waals surface area contributed by atoms with Gasteiger partial charge in [-0.05, 0) is 42.5 Å². The Morgan fingerprint density at radius 2 is 1.71 bits per heavy atom. The molecule has 0 aromatic heterocycles. The van der Waals surface area contributed by atoms with E-state index in [9.17, 15) is 9.59 Å². The lowest BCUT2D eigenvalue weighted by atomic mass is 10.2. The smallest absolute Gasteiger partial charge is 0.349 e. The molecule has 0 N–H and O–H groups in total. The first kappa shape index (κ1) is 17.6. The highest BCUT2D eigenvalue weighted by Gasteiger charge is 2.14. The molecule has 0 aliphatic heterocycles. The SMILES string of the molecule is COC(=O)c1ccc(OC(=O)COc2ccc(Cl)cc2)c(OC)c1. The first-order valence-electron chi connectivity index (χ1n) is 6.89. The fourth-order valence-electron chi connectivity index (χ4n) is 1.82. The quantitative estimate of drug-likeness (QED) is 0.589. The summed E-state index contributed by atoms with van der Waals surface area (Å²) in [6, 6.07) is 10.9. The number of methoxy groups -OCH3 is 2. The predicted molar refractivity (Wildman–Crippen MR) is 86.9 cm³/mol. The number of carbonyl (C=O) groups is 2. The number of halogens is 1. The minimum Gasteiger partial charge on any atom is -0.493 e. The van der Waals surface area contributed by atoms with Gasteiger partial charge in [0, 0.05) is 5.02 Å². The fourth-order valence-corrected chi connectivity index (χ4v) is 1.95. The zero-order valence-corrected chi connectivity index (χ0v) is 13.8. The summed E-state index contributed by atoms with van der Waals surface area (Å²) in [5.74, 6) is -0.233. The van der Waals surface area contributed by atoms with Crippen molar-refractivity contribution in [2.45, 2.75) is 0 Å². The molecule has 0 bridgehead atoms. The van der Waals surface area contributed by atoms with Crippen LogP contribution in [0.25, 0.3) is 0 Å². The van der Waals surface area contributed by atoms with Gasteiger partial charge in [0.15, 0.2) is 18.1 Å². The number of hydrogen-bond acceptors (Lipinski definition) is 6. The van der Waals surface area contributed by atoms with Crippen LogP contribution in [0.5, 0.6) is 17.2 Å². The predicted octanol–water partition coefficient (Wildman–Crippen LogP) is 3.12. The van der Waals surface area contributed by atoms with Gasteiger partial charge in [-0.1, -0.05) is 11.6 Å². The highest BCUT2D eigenvalue weighted by molar-refractivity contribution is 6.30. The number of rotatable bonds is 6. The Kier molecular flexibility index (Phi) is 6.03. The average molecular weight is 351 g/mol. The number of benzene rings is 2. The van der Waals surface area contributed by atoms with E-state index in [1.165, 1.54) is 32.4 Å². The highest BCUT2D eigenvalue weighted by Crippen LogP contribution is 2.28. The lowest BCUT2D eigenvalue weighted by Crippen LogP contribution is -2.18. The molecule has 2 rings (SSSR count). The molecule has 0 saturated heterocycles. The Morgan fingerprint density at radius 3 is 2.33 bits per heavy atom. The van der Waals surface area contributed by atoms with Gasteiger partial charge >= 0.3 is 11.9 Å². The molecule has 0 amide bonds. The van der Waals surface area contributed by atoms with E-state index in [0.29, 0.717) is 10.8 Å². The van der Waals surface area contributed by atoms with Gasteiger partial charge < -0.3 is 18.9 Å². The van der Waals surface area contributed by atoms with Gasteiger partial charge in [0.1, 0.15) is 5.75 Å². The number of carbonyl (C=O) groups excluding carboxylic acids is 2. The van der Waals surface area contributed by atoms with Gasteiger partial charge in [-0.2, -0.15) is 0 Å². The van der Waals surface area contributed by atoms with E-state index < -0.39 is 11.9 Å². The summed E-state index contributed by atoms with van der Waals surface area (Å²) in [6.45, 7) is -0.288. The third-order valence-corrected chi connectivity index (χ3v) is 3.23. The second-order valence-electron chi connectivity index (χ2n) is 4.57. The van der Waals surface area contributed by atoms with Crippen LogP contribution in [0.15, 0.2) is 42.5 Å². The van der Waals surface area contributed by atoms with Gasteiger partial charge in [0.25, 0.3) is 0 Å². The average Bonchev–Trinajstić information content (AvgIpc) is 2.60. The van der Waals surface area contributed by atoms with Gasteiger partial charge in [0.05, 0.1) is 19.8 Å². The maximum absolute atomic E-state index is 11.9. The molecule has 0 spiro atoms. The lowest BCUT2D eigenvalue weighted by molar-refractivity contribution is -0.136. The summed E-state index contributed by atoms with van der Waals surface area (Å²) >= 11 is 5.77. The third kappa shape index (κ3) is 4.63. The molecule has 126 valence electrons. The Morgan fingerprint density at radius 1 is 1.00 bits per heavy atom. The van der Waals surface area contributed by atoms with Crippen molar-refractivity contribution < 1.29 is 28.5 Å². The third-order valence-electron chi connectivity index (χ3n) is 2.98. The van der Waals surface area contributed by atoms with Gasteiger partial charge in [0.2, 0.25) is 0 Å². The largest absolute Gasteiger partial charge is 0.493 e. The fraction of sp³-hybridized carbons (Fsp3) is 0.176. The zero-order chi connectivity index (χ0) is 17.5. The molecule has 0 aliphatic rings. The molecule has 7 heteroatoms. The van der Waals surface area contributed by atoms with Gasteiger partial charge in [-0.25, -0.2) is 9.59 Å². The van der Waals surface area contributed by atoms with E-state index in [-0.39, 0.29) is 23.7 Å². The molecular formula is C17H15ClO6. The molecule has 0 fully saturated rings. The number of esters is 2. The molecular weight excluding hydrogens is 336 g/mol. The van der Waals surface area contributed by atoms with E-state index in [4.69, 9.17) is 25.8 Å². The van der Waals surface area contributed by atoms with Crippen LogP contribution < -0.4 is 14.2 Å². The number of ether oxygens (including phenoxy) is 4. The van der Waals surface area contributed by atoms with E-state index in [1.807, 2.05) is 0 Å². The second kappa shape index (κ2) is 8.21. The summed E-state index contributed by atoms with van der Waals surface area (Å²) in [6.07, 6.45) is 0. The molecule has 0 saturated carbocycles. The van der Waals surface area contributed by atoms with Gasteiger partial charge in [-0.15, -0.1) is 0 Å². The minimum atomic E-state index is -0.617. The number of hydrogen-bond donors (Lipinski definition) is 0. The van der Waals surface area contributed by atoms with Crippen LogP contribution in [-0.4, -0.2) is 32.8 Å². The Balaban J connectivity index is 2.00. The van der Waals surface area contributed by atoms with Crippen LogP contribution in [0.4, 0.5) is 0 Å². The van der Waals surface area contributed by atoms with E-state index in [0.717, 1.165) is 0 Å². The standard InChI is InChI=1S/C17H15ClO6/c1-21-15-9-11(17(20)22-2)3-8-14(15)24-16(19)10-23-13-6-4-12(18)5-7-13/h3-9H,10H2,1-2H3. The van der Waals surface area contributed by atoms with Crippen LogP contribution in [-0.2, 0) is 9.53 Å². The van der Waals surface area contributed by atoms with E-state index >= 15 is 0 Å². The van der Waals surface area contributed by atoms with Crippen LogP contribution in [0.3, 0.4) is 0 Å². The Bertz CT molecular complexity index is 726. The first-order chi connectivity index (χ1) is 11.5. The van der Waals surface area contributed by atoms with Gasteiger partial charge in [-0.3, -0.25) is 0 Å². The Labute approximate surface area is 143 Å². The van der Waals surface area contributed by atoms with Crippen molar-refractivity contribution in [3.05, 3.63) is 53.1 Å². The van der Waals surface area contributed by atoms with Crippen LogP contribution in [0.2, 0.25) is 5.02 Å². The minimum absolute atomic E-state index is 0.176. The van der Waals surface area contributed by atoms with E-state index in [2.05, 4.69) is 4.74 Å². The maximum Gasteiger partial charge on any atom is 0.349 e. The van der Waals surface area contributed by atoms with Crippen LogP contribution in [0.1, 0.15) is 10.4 Å². The van der Waals surface area contributed by atoms with Crippen molar-refractivity contribution in [3.63, 3.8) is 0 Å². The normalized spacial score (nSPS) is 9.96. The molecule has 0 aliphatic carbocycles. The summed E-state index contributed by atoms with van der Waals surface area (Å²) < 4.78 is 20.2. The second-order valence-corrected chi connectivity index (χ2v) is 5.01. The zero-order valence-electron chi connectivity index (χ0n) is 13.1. The molecule has 24 heavy (non-hydrogen) atoms. The highest BCUT2D eigenvalue weighted by atomic mass is 35.5. The summed E-state index contributed by atoms with van der Waals surface area (Å²) in [5, 5.41) is 0.570. The van der Waals surface area contributed by atoms with Crippen molar-refractivity contribution in [1.29, 1.82) is 0 Å². The van der Waals surface area contributed by atoms with E-state index in [1.54, 1.807) is 24.3 Å². The maximum atomic E-state index is 11.9. The van der Waals surface area contributed by atoms with Crippen molar-refractivity contribution in [2.24, 2.45) is 0 Å². The van der Waals surface area contributed by atoms with Crippen LogP contribution in [0, 0.1) is 0 Å². The molecule has 6 nitrogen and oxygen atoms in total. The van der Waals surface area contributed by atoms with Crippen molar-refractivity contribution >= 4 is 23.5 Å². The van der Waals surface area contributed by atoms with Crippen molar-refractivity contribution in [2.75, 3.05) is 20.8 Å². The molecule has 0 radical (unpaired) electrons. The molecule has 2 aromatic carbocycles. The van der Waals surface area contributed by atoms with Crippen LogP contribution >= 0.6 is 11.6 Å². The summed E-state index contributed by atoms with van der Waals surface area (Å²) in [4.78, 5) is 23.4. The molecule has 0 atom stereocenters. The molecule has 0 heterocycles. The monoisotopic (exact) mass is 350 g/mol. The summed E-state index contributed by atoms with van der Waals surface area (Å²) in [5.41, 5.74) is 0.284.